The molecule has 5 rings (SSSR count). The highest BCUT2D eigenvalue weighted by molar-refractivity contribution is 7.88. The van der Waals surface area contributed by atoms with Crippen molar-refractivity contribution < 1.29 is 9.84 Å². The third-order valence-electron chi connectivity index (χ3n) is 8.05. The Hall–Kier alpha value is -0.910. The third-order valence-corrected chi connectivity index (χ3v) is 8.76. The van der Waals surface area contributed by atoms with E-state index in [9.17, 15) is 8.42 Å². The fourth-order valence-corrected chi connectivity index (χ4v) is 7.55. The Kier molecular flexibility index (Phi) is 4.41. The average Bonchev–Trinajstić information content (AvgIpc) is 3.31. The van der Waals surface area contributed by atoms with Gasteiger partial charge < -0.3 is 4.90 Å². The van der Waals surface area contributed by atoms with Crippen LogP contribution in [-0.4, -0.2) is 39.2 Å². The van der Waals surface area contributed by atoms with Gasteiger partial charge in [0, 0.05) is 14.0 Å². The summed E-state index contributed by atoms with van der Waals surface area (Å²) < 4.78 is 26.6. The van der Waals surface area contributed by atoms with Crippen molar-refractivity contribution in [2.24, 2.45) is 17.8 Å². The van der Waals surface area contributed by atoms with Crippen LogP contribution < -0.4 is 4.72 Å². The minimum absolute atomic E-state index is 0. The van der Waals surface area contributed by atoms with E-state index in [1.807, 2.05) is 6.07 Å². The Morgan fingerprint density at radius 1 is 1.19 bits per heavy atom. The van der Waals surface area contributed by atoms with E-state index in [1.54, 1.807) is 0 Å². The van der Waals surface area contributed by atoms with Gasteiger partial charge >= 0.3 is 0 Å². The summed E-state index contributed by atoms with van der Waals surface area (Å²) in [4.78, 5) is 2.70. The SMILES string of the molecule is CS(=O)(=O)N[C@@H]1CC2(CCN(C[C@H]3C[C@H]4CC[C@H]3C4)CC2)c2ccccc21.[HH]. The predicted octanol–water partition coefficient (Wildman–Crippen LogP) is 3.70. The molecule has 0 unspecified atom stereocenters. The lowest BCUT2D eigenvalue weighted by Gasteiger charge is -2.42. The molecule has 27 heavy (non-hydrogen) atoms. The van der Waals surface area contributed by atoms with Crippen LogP contribution in [0.25, 0.3) is 0 Å². The average molecular weight is 391 g/mol. The Bertz CT molecular complexity index is 820. The maximum Gasteiger partial charge on any atom is 0.209 e. The molecule has 1 N–H and O–H groups in total. The van der Waals surface area contributed by atoms with E-state index in [2.05, 4.69) is 27.8 Å². The van der Waals surface area contributed by atoms with Gasteiger partial charge in [-0.05, 0) is 85.9 Å². The molecule has 1 spiro atoms. The second kappa shape index (κ2) is 6.57. The highest BCUT2D eigenvalue weighted by Crippen LogP contribution is 2.52. The summed E-state index contributed by atoms with van der Waals surface area (Å²) >= 11 is 0. The highest BCUT2D eigenvalue weighted by Gasteiger charge is 2.47. The third kappa shape index (κ3) is 3.36. The lowest BCUT2D eigenvalue weighted by molar-refractivity contribution is 0.120. The molecule has 1 heterocycles. The van der Waals surface area contributed by atoms with E-state index < -0.39 is 10.0 Å². The molecule has 4 atom stereocenters. The van der Waals surface area contributed by atoms with E-state index in [0.717, 1.165) is 50.1 Å². The van der Waals surface area contributed by atoms with Gasteiger partial charge in [-0.25, -0.2) is 13.1 Å². The lowest BCUT2D eigenvalue weighted by atomic mass is 9.73. The van der Waals surface area contributed by atoms with Crippen LogP contribution in [0.4, 0.5) is 0 Å². The Labute approximate surface area is 165 Å². The maximum absolute atomic E-state index is 11.9. The summed E-state index contributed by atoms with van der Waals surface area (Å²) in [6.07, 6.45) is 10.4. The minimum atomic E-state index is -3.20. The summed E-state index contributed by atoms with van der Waals surface area (Å²) in [7, 11) is -3.20. The molecule has 1 aliphatic heterocycles. The van der Waals surface area contributed by atoms with Crippen molar-refractivity contribution >= 4 is 10.0 Å². The summed E-state index contributed by atoms with van der Waals surface area (Å²) in [5.41, 5.74) is 2.75. The van der Waals surface area contributed by atoms with Crippen LogP contribution in [0, 0.1) is 17.8 Å². The molecule has 3 aliphatic carbocycles. The van der Waals surface area contributed by atoms with Crippen molar-refractivity contribution in [2.75, 3.05) is 25.9 Å². The molecule has 2 saturated carbocycles. The second-order valence-electron chi connectivity index (χ2n) is 9.75. The van der Waals surface area contributed by atoms with Crippen LogP contribution in [-0.2, 0) is 15.4 Å². The van der Waals surface area contributed by atoms with Crippen molar-refractivity contribution in [2.45, 2.75) is 56.4 Å². The number of piperidine rings is 1. The normalized spacial score (nSPS) is 35.0. The molecule has 4 aliphatic rings. The van der Waals surface area contributed by atoms with E-state index in [-0.39, 0.29) is 12.9 Å². The topological polar surface area (TPSA) is 49.4 Å². The molecular formula is C22H34N2O2S. The first-order valence-corrected chi connectivity index (χ1v) is 12.6. The van der Waals surface area contributed by atoms with E-state index >= 15 is 0 Å². The van der Waals surface area contributed by atoms with Gasteiger partial charge in [0.05, 0.1) is 6.26 Å². The van der Waals surface area contributed by atoms with Gasteiger partial charge in [0.2, 0.25) is 10.0 Å². The molecule has 1 aromatic rings. The zero-order valence-electron chi connectivity index (χ0n) is 16.4. The van der Waals surface area contributed by atoms with Gasteiger partial charge in [-0.15, -0.1) is 0 Å². The van der Waals surface area contributed by atoms with Gasteiger partial charge in [0.1, 0.15) is 0 Å². The quantitative estimate of drug-likeness (QED) is 0.853. The van der Waals surface area contributed by atoms with Crippen LogP contribution in [0.5, 0.6) is 0 Å². The first-order valence-electron chi connectivity index (χ1n) is 10.7. The molecule has 1 aromatic carbocycles. The molecule has 0 radical (unpaired) electrons. The Morgan fingerprint density at radius 2 is 1.96 bits per heavy atom. The summed E-state index contributed by atoms with van der Waals surface area (Å²) in [5.74, 6) is 2.97. The van der Waals surface area contributed by atoms with Gasteiger partial charge in [0.25, 0.3) is 0 Å². The molecule has 3 fully saturated rings. The molecular weight excluding hydrogens is 356 g/mol. The first kappa shape index (κ1) is 18.1. The van der Waals surface area contributed by atoms with E-state index in [4.69, 9.17) is 0 Å². The standard InChI is InChI=1S/C22H32N2O2S.H2/c1-27(25,26)23-21-14-22(20-5-3-2-4-19(20)21)8-10-24(11-9-22)15-18-13-16-6-7-17(18)12-16;/h2-5,16-18,21,23H,6-15H2,1H3;1H/t16-,17-,18+,21+;/m0./s1. The van der Waals surface area contributed by atoms with Crippen LogP contribution in [0.3, 0.4) is 0 Å². The van der Waals surface area contributed by atoms with Crippen molar-refractivity contribution in [3.05, 3.63) is 35.4 Å². The number of nitrogens with one attached hydrogen (secondary N) is 1. The molecule has 0 aromatic heterocycles. The summed E-state index contributed by atoms with van der Waals surface area (Å²) in [6, 6.07) is 8.46. The largest absolute Gasteiger partial charge is 0.303 e. The van der Waals surface area contributed by atoms with Gasteiger partial charge in [-0.3, -0.25) is 0 Å². The van der Waals surface area contributed by atoms with Crippen LogP contribution in [0.15, 0.2) is 24.3 Å². The zero-order chi connectivity index (χ0) is 18.6. The predicted molar refractivity (Wildman–Crippen MR) is 110 cm³/mol. The molecule has 0 amide bonds. The fourth-order valence-electron chi connectivity index (χ4n) is 6.83. The smallest absolute Gasteiger partial charge is 0.209 e. The maximum atomic E-state index is 11.9. The molecule has 2 bridgehead atoms. The second-order valence-corrected chi connectivity index (χ2v) is 11.5. The number of likely N-dealkylation sites (tertiary alicyclic amines) is 1. The van der Waals surface area contributed by atoms with Gasteiger partial charge in [-0.2, -0.15) is 0 Å². The van der Waals surface area contributed by atoms with Crippen molar-refractivity contribution in [1.82, 2.24) is 9.62 Å². The van der Waals surface area contributed by atoms with Crippen LogP contribution in [0.1, 0.15) is 63.5 Å². The molecule has 1 saturated heterocycles. The summed E-state index contributed by atoms with van der Waals surface area (Å²) in [5, 5.41) is 0. The van der Waals surface area contributed by atoms with Crippen molar-refractivity contribution in [3.63, 3.8) is 0 Å². The molecule has 150 valence electrons. The number of fused-ring (bicyclic) bond motifs is 4. The minimum Gasteiger partial charge on any atom is -0.303 e. The summed E-state index contributed by atoms with van der Waals surface area (Å²) in [6.45, 7) is 3.62. The van der Waals surface area contributed by atoms with Crippen LogP contribution >= 0.6 is 0 Å². The number of benzene rings is 1. The van der Waals surface area contributed by atoms with Gasteiger partial charge in [-0.1, -0.05) is 30.7 Å². The lowest BCUT2D eigenvalue weighted by Crippen LogP contribution is -2.44. The fraction of sp³-hybridized carbons (Fsp3) is 0.727. The number of hydrogen-bond acceptors (Lipinski definition) is 3. The van der Waals surface area contributed by atoms with E-state index in [0.29, 0.717) is 0 Å². The molecule has 5 heteroatoms. The first-order chi connectivity index (χ1) is 12.9. The van der Waals surface area contributed by atoms with Crippen molar-refractivity contribution in [1.29, 1.82) is 0 Å². The van der Waals surface area contributed by atoms with Crippen molar-refractivity contribution in [3.8, 4) is 0 Å². The van der Waals surface area contributed by atoms with Gasteiger partial charge in [0.15, 0.2) is 0 Å². The molecule has 4 nitrogen and oxygen atoms in total. The number of rotatable bonds is 4. The number of sulfonamides is 1. The number of nitrogens with zero attached hydrogens (tertiary/aromatic N) is 1. The highest BCUT2D eigenvalue weighted by atomic mass is 32.2. The number of hydrogen-bond donors (Lipinski definition) is 1. The Balaban J connectivity index is 0.00000192. The Morgan fingerprint density at radius 3 is 2.63 bits per heavy atom. The van der Waals surface area contributed by atoms with E-state index in [1.165, 1.54) is 49.6 Å². The van der Waals surface area contributed by atoms with Crippen LogP contribution in [0.2, 0.25) is 0 Å². The zero-order valence-corrected chi connectivity index (χ0v) is 17.2. The monoisotopic (exact) mass is 390 g/mol.